The molecule has 0 radical (unpaired) electrons. The van der Waals surface area contributed by atoms with Gasteiger partial charge in [0.05, 0.1) is 12.1 Å². The van der Waals surface area contributed by atoms with Crippen LogP contribution in [0.15, 0.2) is 138 Å². The van der Waals surface area contributed by atoms with Crippen molar-refractivity contribution < 1.29 is 19.6 Å². The smallest absolute Gasteiger partial charge is 0.423 e. The molecular weight excluding hydrogens is 835 g/mol. The highest BCUT2D eigenvalue weighted by molar-refractivity contribution is 9.10. The number of carbonyl (C=O) groups is 2. The quantitative estimate of drug-likeness (QED) is 0.124. The van der Waals surface area contributed by atoms with E-state index in [2.05, 4.69) is 146 Å². The van der Waals surface area contributed by atoms with Crippen LogP contribution in [0.25, 0.3) is 11.1 Å². The minimum Gasteiger partial charge on any atom is -0.423 e. The topological polar surface area (TPSA) is 105 Å². The van der Waals surface area contributed by atoms with Gasteiger partial charge in [-0.05, 0) is 136 Å². The second-order valence-corrected chi connectivity index (χ2v) is 17.5. The van der Waals surface area contributed by atoms with Crippen LogP contribution < -0.4 is 25.9 Å². The number of fused-ring (bicyclic) bond motifs is 2. The molecule has 0 aliphatic carbocycles. The SMILES string of the molecule is CC(=O)N1c2ccc(-c3cccc(C)c3)cc2C(Nc2ccccc2C)CC1C.CC(=O)N1c2ccc(Br)cc2C(Nc2ccccc2C)CC1C.Cc1cccc(B(O)O)c1. The van der Waals surface area contributed by atoms with Crippen LogP contribution in [0.1, 0.15) is 86.0 Å². The molecule has 2 aliphatic rings. The second kappa shape index (κ2) is 20.5. The highest BCUT2D eigenvalue weighted by atomic mass is 79.9. The van der Waals surface area contributed by atoms with Crippen LogP contribution in [0, 0.1) is 27.7 Å². The van der Waals surface area contributed by atoms with Gasteiger partial charge in [0.15, 0.2) is 0 Å². The average molecular weight is 894 g/mol. The van der Waals surface area contributed by atoms with E-state index in [1.807, 2.05) is 47.1 Å². The van der Waals surface area contributed by atoms with Gasteiger partial charge in [-0.25, -0.2) is 0 Å². The summed E-state index contributed by atoms with van der Waals surface area (Å²) in [7, 11) is -1.35. The fraction of sp³-hybridized carbons (Fsp3) is 0.269. The summed E-state index contributed by atoms with van der Waals surface area (Å²) >= 11 is 3.56. The summed E-state index contributed by atoms with van der Waals surface area (Å²) in [6.45, 7) is 15.8. The lowest BCUT2D eigenvalue weighted by Crippen LogP contribution is -2.43. The molecule has 6 aromatic rings. The Balaban J connectivity index is 0.000000173. The van der Waals surface area contributed by atoms with E-state index in [4.69, 9.17) is 10.0 Å². The highest BCUT2D eigenvalue weighted by Crippen LogP contribution is 2.43. The van der Waals surface area contributed by atoms with Crippen LogP contribution in [-0.2, 0) is 9.59 Å². The molecule has 62 heavy (non-hydrogen) atoms. The average Bonchev–Trinajstić information content (AvgIpc) is 3.23. The monoisotopic (exact) mass is 892 g/mol. The number of amides is 2. The van der Waals surface area contributed by atoms with Gasteiger partial charge in [0.25, 0.3) is 0 Å². The van der Waals surface area contributed by atoms with Crippen molar-refractivity contribution in [3.05, 3.63) is 171 Å². The first-order valence-electron chi connectivity index (χ1n) is 21.3. The maximum atomic E-state index is 12.4. The standard InChI is InChI=1S/C26H28N2O.C19H21BrN2O.C7H9BO2/c1-17-8-7-10-21(14-17)22-12-13-26-23(16-22)25(15-19(3)28(26)20(4)29)27-24-11-6-5-9-18(24)2;1-12-6-4-5-7-17(12)21-18-10-13(2)22(14(3)23)19-9-8-15(20)11-16(18)19;1-6-3-2-4-7(5-6)8(9)10/h5-14,16,19,25,27H,15H2,1-4H3;4-9,11,13,18,21H,10H2,1-3H3;2-5,9-10H,1H3. The maximum absolute atomic E-state index is 12.4. The van der Waals surface area contributed by atoms with Crippen LogP contribution in [0.2, 0.25) is 0 Å². The van der Waals surface area contributed by atoms with E-state index in [9.17, 15) is 9.59 Å². The van der Waals surface area contributed by atoms with E-state index in [1.165, 1.54) is 33.4 Å². The highest BCUT2D eigenvalue weighted by Gasteiger charge is 2.34. The third-order valence-electron chi connectivity index (χ3n) is 11.6. The number of carbonyl (C=O) groups excluding carboxylic acids is 2. The van der Waals surface area contributed by atoms with Gasteiger partial charge in [0, 0.05) is 53.2 Å². The van der Waals surface area contributed by atoms with Crippen LogP contribution >= 0.6 is 15.9 Å². The van der Waals surface area contributed by atoms with Crippen LogP contribution in [-0.4, -0.2) is 41.1 Å². The van der Waals surface area contributed by atoms with E-state index in [1.54, 1.807) is 32.0 Å². The fourth-order valence-electron chi connectivity index (χ4n) is 8.61. The number of anilines is 4. The number of nitrogens with zero attached hydrogens (tertiary/aromatic N) is 2. The minimum absolute atomic E-state index is 0.0930. The van der Waals surface area contributed by atoms with Crippen LogP contribution in [0.3, 0.4) is 0 Å². The number of nitrogens with one attached hydrogen (secondary N) is 2. The molecule has 8 nitrogen and oxygen atoms in total. The second-order valence-electron chi connectivity index (χ2n) is 16.6. The molecule has 2 amide bonds. The van der Waals surface area contributed by atoms with Crippen LogP contribution in [0.4, 0.5) is 22.7 Å². The predicted molar refractivity (Wildman–Crippen MR) is 261 cm³/mol. The minimum atomic E-state index is -1.35. The Kier molecular flexibility index (Phi) is 15.1. The fourth-order valence-corrected chi connectivity index (χ4v) is 8.99. The van der Waals surface area contributed by atoms with Crippen molar-refractivity contribution in [3.8, 4) is 11.1 Å². The van der Waals surface area contributed by atoms with Gasteiger partial charge in [0.1, 0.15) is 0 Å². The zero-order valence-corrected chi connectivity index (χ0v) is 38.6. The van der Waals surface area contributed by atoms with Gasteiger partial charge >= 0.3 is 7.12 Å². The molecule has 0 saturated heterocycles. The first-order chi connectivity index (χ1) is 29.6. The lowest BCUT2D eigenvalue weighted by molar-refractivity contribution is -0.118. The van der Waals surface area contributed by atoms with E-state index < -0.39 is 7.12 Å². The summed E-state index contributed by atoms with van der Waals surface area (Å²) in [5.41, 5.74) is 14.3. The Morgan fingerprint density at radius 3 is 1.52 bits per heavy atom. The zero-order valence-electron chi connectivity index (χ0n) is 37.0. The van der Waals surface area contributed by atoms with Crippen molar-refractivity contribution in [1.82, 2.24) is 0 Å². The maximum Gasteiger partial charge on any atom is 0.488 e. The van der Waals surface area contributed by atoms with Crippen LogP contribution in [0.5, 0.6) is 0 Å². The van der Waals surface area contributed by atoms with Gasteiger partial charge in [-0.2, -0.15) is 0 Å². The number of benzene rings is 6. The number of halogens is 1. The molecule has 8 rings (SSSR count). The lowest BCUT2D eigenvalue weighted by Gasteiger charge is -2.40. The van der Waals surface area contributed by atoms with Gasteiger partial charge < -0.3 is 30.5 Å². The third-order valence-corrected chi connectivity index (χ3v) is 12.1. The Bertz CT molecular complexity index is 2530. The van der Waals surface area contributed by atoms with Crippen molar-refractivity contribution >= 4 is 63.1 Å². The molecule has 6 aromatic carbocycles. The first-order valence-corrected chi connectivity index (χ1v) is 22.1. The summed E-state index contributed by atoms with van der Waals surface area (Å²) in [5, 5.41) is 24.8. The molecule has 320 valence electrons. The van der Waals surface area contributed by atoms with Crippen molar-refractivity contribution in [2.45, 2.75) is 92.4 Å². The summed E-state index contributed by atoms with van der Waals surface area (Å²) in [6.07, 6.45) is 1.76. The largest absolute Gasteiger partial charge is 0.488 e. The van der Waals surface area contributed by atoms with Gasteiger partial charge in [-0.15, -0.1) is 0 Å². The molecule has 10 heteroatoms. The van der Waals surface area contributed by atoms with Crippen molar-refractivity contribution in [1.29, 1.82) is 0 Å². The molecule has 0 spiro atoms. The van der Waals surface area contributed by atoms with E-state index in [0.29, 0.717) is 5.46 Å². The molecule has 2 aliphatic heterocycles. The van der Waals surface area contributed by atoms with E-state index in [-0.39, 0.29) is 36.0 Å². The molecule has 2 heterocycles. The normalized spacial score (nSPS) is 17.5. The molecule has 4 unspecified atom stereocenters. The van der Waals surface area contributed by atoms with Gasteiger partial charge in [-0.1, -0.05) is 118 Å². The summed E-state index contributed by atoms with van der Waals surface area (Å²) in [5.74, 6) is 0.187. The number of rotatable bonds is 6. The molecular formula is C52H58BBrN4O4. The number of hydrogen-bond donors (Lipinski definition) is 4. The number of aryl methyl sites for hydroxylation is 4. The van der Waals surface area contributed by atoms with Gasteiger partial charge in [-0.3, -0.25) is 9.59 Å². The summed E-state index contributed by atoms with van der Waals surface area (Å²) < 4.78 is 1.03. The molecule has 0 aromatic heterocycles. The molecule has 0 saturated carbocycles. The molecule has 0 bridgehead atoms. The van der Waals surface area contributed by atoms with E-state index in [0.717, 1.165) is 51.2 Å². The van der Waals surface area contributed by atoms with Crippen molar-refractivity contribution in [2.24, 2.45) is 0 Å². The molecule has 4 atom stereocenters. The summed E-state index contributed by atoms with van der Waals surface area (Å²) in [4.78, 5) is 28.3. The molecule has 4 N–H and O–H groups in total. The van der Waals surface area contributed by atoms with Crippen molar-refractivity contribution in [3.63, 3.8) is 0 Å². The number of hydrogen-bond acceptors (Lipinski definition) is 6. The first kappa shape index (κ1) is 45.8. The Hall–Kier alpha value is -5.68. The predicted octanol–water partition coefficient (Wildman–Crippen LogP) is 11.0. The molecule has 0 fully saturated rings. The Morgan fingerprint density at radius 2 is 1.05 bits per heavy atom. The Morgan fingerprint density at radius 1 is 0.581 bits per heavy atom. The van der Waals surface area contributed by atoms with E-state index >= 15 is 0 Å². The Labute approximate surface area is 376 Å². The third kappa shape index (κ3) is 11.0. The lowest BCUT2D eigenvalue weighted by atomic mass is 9.80. The number of para-hydroxylation sites is 2. The zero-order chi connectivity index (χ0) is 44.7. The summed E-state index contributed by atoms with van der Waals surface area (Å²) in [6, 6.07) is 45.7. The van der Waals surface area contributed by atoms with Gasteiger partial charge in [0.2, 0.25) is 11.8 Å². The van der Waals surface area contributed by atoms with Crippen molar-refractivity contribution in [2.75, 3.05) is 20.4 Å².